The first kappa shape index (κ1) is 12.5. The van der Waals surface area contributed by atoms with Gasteiger partial charge in [-0.1, -0.05) is 30.7 Å². The Morgan fingerprint density at radius 1 is 1.22 bits per heavy atom. The molecule has 0 spiro atoms. The standard InChI is InChI=1S/C16H22ClN/c1-2-15(13-4-3-5-14(17)10-13)18-16(11-6-7-11)12-8-9-12/h3-5,10-12,15-16,18H,2,6-9H2,1H3. The van der Waals surface area contributed by atoms with Crippen molar-refractivity contribution < 1.29 is 0 Å². The molecule has 1 atom stereocenters. The van der Waals surface area contributed by atoms with Crippen molar-refractivity contribution in [1.29, 1.82) is 0 Å². The fourth-order valence-corrected chi connectivity index (χ4v) is 3.17. The van der Waals surface area contributed by atoms with Crippen LogP contribution in [0.25, 0.3) is 0 Å². The van der Waals surface area contributed by atoms with Crippen LogP contribution in [0.5, 0.6) is 0 Å². The first-order chi connectivity index (χ1) is 8.78. The number of hydrogen-bond donors (Lipinski definition) is 1. The van der Waals surface area contributed by atoms with Crippen molar-refractivity contribution in [3.05, 3.63) is 34.9 Å². The van der Waals surface area contributed by atoms with Crippen LogP contribution in [0, 0.1) is 11.8 Å². The topological polar surface area (TPSA) is 12.0 Å². The average Bonchev–Trinajstić information content (AvgIpc) is 3.24. The summed E-state index contributed by atoms with van der Waals surface area (Å²) in [5, 5.41) is 4.76. The molecule has 0 aliphatic heterocycles. The third-order valence-corrected chi connectivity index (χ3v) is 4.55. The van der Waals surface area contributed by atoms with E-state index in [0.717, 1.165) is 29.3 Å². The van der Waals surface area contributed by atoms with Gasteiger partial charge in [-0.15, -0.1) is 0 Å². The predicted octanol–water partition coefficient (Wildman–Crippen LogP) is 4.57. The number of halogens is 1. The molecule has 1 aromatic rings. The lowest BCUT2D eigenvalue weighted by Gasteiger charge is -2.25. The minimum Gasteiger partial charge on any atom is -0.307 e. The molecule has 2 fully saturated rings. The molecule has 0 heterocycles. The molecule has 2 saturated carbocycles. The monoisotopic (exact) mass is 263 g/mol. The predicted molar refractivity (Wildman–Crippen MR) is 76.9 cm³/mol. The summed E-state index contributed by atoms with van der Waals surface area (Å²) >= 11 is 6.10. The molecule has 18 heavy (non-hydrogen) atoms. The Labute approximate surface area is 115 Å². The normalized spacial score (nSPS) is 21.3. The van der Waals surface area contributed by atoms with Gasteiger partial charge < -0.3 is 5.32 Å². The van der Waals surface area contributed by atoms with Gasteiger partial charge in [-0.3, -0.25) is 0 Å². The van der Waals surface area contributed by atoms with Gasteiger partial charge in [0.25, 0.3) is 0 Å². The number of nitrogens with one attached hydrogen (secondary N) is 1. The Bertz CT molecular complexity index is 397. The Morgan fingerprint density at radius 3 is 2.39 bits per heavy atom. The van der Waals surface area contributed by atoms with Gasteiger partial charge in [0.05, 0.1) is 0 Å². The van der Waals surface area contributed by atoms with Gasteiger partial charge >= 0.3 is 0 Å². The Hall–Kier alpha value is -0.530. The van der Waals surface area contributed by atoms with Gasteiger partial charge in [-0.2, -0.15) is 0 Å². The second kappa shape index (κ2) is 5.22. The Balaban J connectivity index is 1.71. The first-order valence-corrected chi connectivity index (χ1v) is 7.67. The minimum atomic E-state index is 0.467. The summed E-state index contributed by atoms with van der Waals surface area (Å²) in [6, 6.07) is 9.55. The molecule has 1 unspecified atom stereocenters. The zero-order valence-corrected chi connectivity index (χ0v) is 11.8. The maximum Gasteiger partial charge on any atom is 0.0409 e. The second-order valence-electron chi connectivity index (χ2n) is 5.88. The molecule has 2 aliphatic carbocycles. The fourth-order valence-electron chi connectivity index (χ4n) is 2.97. The molecule has 0 aromatic heterocycles. The number of benzene rings is 1. The fraction of sp³-hybridized carbons (Fsp3) is 0.625. The lowest BCUT2D eigenvalue weighted by molar-refractivity contribution is 0.359. The molecule has 2 heteroatoms. The summed E-state index contributed by atoms with van der Waals surface area (Å²) in [6.07, 6.45) is 6.86. The highest BCUT2D eigenvalue weighted by molar-refractivity contribution is 6.30. The molecular formula is C16H22ClN. The van der Waals surface area contributed by atoms with Crippen molar-refractivity contribution in [2.24, 2.45) is 11.8 Å². The van der Waals surface area contributed by atoms with Crippen molar-refractivity contribution in [2.75, 3.05) is 0 Å². The van der Waals surface area contributed by atoms with Crippen LogP contribution >= 0.6 is 11.6 Å². The zero-order valence-electron chi connectivity index (χ0n) is 11.0. The van der Waals surface area contributed by atoms with Gasteiger partial charge in [-0.25, -0.2) is 0 Å². The Morgan fingerprint density at radius 2 is 1.89 bits per heavy atom. The van der Waals surface area contributed by atoms with Crippen LogP contribution in [0.1, 0.15) is 50.6 Å². The quantitative estimate of drug-likeness (QED) is 0.793. The lowest BCUT2D eigenvalue weighted by atomic mass is 10.00. The largest absolute Gasteiger partial charge is 0.307 e. The molecule has 0 bridgehead atoms. The van der Waals surface area contributed by atoms with E-state index < -0.39 is 0 Å². The summed E-state index contributed by atoms with van der Waals surface area (Å²) in [5.74, 6) is 1.90. The van der Waals surface area contributed by atoms with Gasteiger partial charge in [0, 0.05) is 17.1 Å². The lowest BCUT2D eigenvalue weighted by Crippen LogP contribution is -2.36. The van der Waals surface area contributed by atoms with E-state index in [1.165, 1.54) is 31.2 Å². The molecule has 0 amide bonds. The minimum absolute atomic E-state index is 0.467. The Kier molecular flexibility index (Phi) is 3.63. The molecule has 98 valence electrons. The molecule has 2 aliphatic rings. The van der Waals surface area contributed by atoms with Crippen LogP contribution in [0.15, 0.2) is 24.3 Å². The van der Waals surface area contributed by atoms with Crippen molar-refractivity contribution in [3.63, 3.8) is 0 Å². The van der Waals surface area contributed by atoms with Gasteiger partial charge in [0.1, 0.15) is 0 Å². The third kappa shape index (κ3) is 2.89. The number of hydrogen-bond acceptors (Lipinski definition) is 1. The van der Waals surface area contributed by atoms with Crippen molar-refractivity contribution in [1.82, 2.24) is 5.32 Å². The molecule has 3 rings (SSSR count). The van der Waals surface area contributed by atoms with E-state index in [1.54, 1.807) is 0 Å². The highest BCUT2D eigenvalue weighted by atomic mass is 35.5. The number of rotatable bonds is 6. The molecule has 1 aromatic carbocycles. The van der Waals surface area contributed by atoms with E-state index in [-0.39, 0.29) is 0 Å². The zero-order chi connectivity index (χ0) is 12.5. The molecular weight excluding hydrogens is 242 g/mol. The van der Waals surface area contributed by atoms with Crippen molar-refractivity contribution in [3.8, 4) is 0 Å². The molecule has 1 nitrogen and oxygen atoms in total. The van der Waals surface area contributed by atoms with E-state index in [0.29, 0.717) is 6.04 Å². The highest BCUT2D eigenvalue weighted by Crippen LogP contribution is 2.45. The first-order valence-electron chi connectivity index (χ1n) is 7.29. The second-order valence-corrected chi connectivity index (χ2v) is 6.32. The smallest absolute Gasteiger partial charge is 0.0409 e. The van der Waals surface area contributed by atoms with Crippen LogP contribution in [0.3, 0.4) is 0 Å². The van der Waals surface area contributed by atoms with Gasteiger partial charge in [0.15, 0.2) is 0 Å². The van der Waals surface area contributed by atoms with E-state index >= 15 is 0 Å². The van der Waals surface area contributed by atoms with Crippen LogP contribution < -0.4 is 5.32 Å². The average molecular weight is 264 g/mol. The van der Waals surface area contributed by atoms with Crippen LogP contribution in [-0.2, 0) is 0 Å². The SMILES string of the molecule is CCC(NC(C1CC1)C1CC1)c1cccc(Cl)c1. The van der Waals surface area contributed by atoms with E-state index in [4.69, 9.17) is 11.6 Å². The summed E-state index contributed by atoms with van der Waals surface area (Å²) in [7, 11) is 0. The third-order valence-electron chi connectivity index (χ3n) is 4.31. The van der Waals surface area contributed by atoms with Crippen molar-refractivity contribution in [2.45, 2.75) is 51.1 Å². The van der Waals surface area contributed by atoms with Crippen LogP contribution in [0.2, 0.25) is 5.02 Å². The summed E-state index contributed by atoms with van der Waals surface area (Å²) < 4.78 is 0. The summed E-state index contributed by atoms with van der Waals surface area (Å²) in [6.45, 7) is 2.26. The van der Waals surface area contributed by atoms with Crippen LogP contribution in [-0.4, -0.2) is 6.04 Å². The van der Waals surface area contributed by atoms with Crippen LogP contribution in [0.4, 0.5) is 0 Å². The van der Waals surface area contributed by atoms with Crippen molar-refractivity contribution >= 4 is 11.6 Å². The van der Waals surface area contributed by atoms with E-state index in [1.807, 2.05) is 6.07 Å². The summed E-state index contributed by atoms with van der Waals surface area (Å²) in [4.78, 5) is 0. The maximum absolute atomic E-state index is 6.10. The van der Waals surface area contributed by atoms with E-state index in [2.05, 4.69) is 30.4 Å². The molecule has 0 radical (unpaired) electrons. The molecule has 1 N–H and O–H groups in total. The van der Waals surface area contributed by atoms with E-state index in [9.17, 15) is 0 Å². The van der Waals surface area contributed by atoms with Gasteiger partial charge in [-0.05, 0) is 61.6 Å². The van der Waals surface area contributed by atoms with Gasteiger partial charge in [0.2, 0.25) is 0 Å². The maximum atomic E-state index is 6.10. The molecule has 0 saturated heterocycles. The highest BCUT2D eigenvalue weighted by Gasteiger charge is 2.42. The summed E-state index contributed by atoms with van der Waals surface area (Å²) in [5.41, 5.74) is 1.34.